The van der Waals surface area contributed by atoms with Gasteiger partial charge in [0, 0.05) is 23.5 Å². The van der Waals surface area contributed by atoms with Crippen LogP contribution in [-0.2, 0) is 27.6 Å². The van der Waals surface area contributed by atoms with Crippen LogP contribution in [0, 0.1) is 0 Å². The average molecular weight is 403 g/mol. The molecule has 140 valence electrons. The van der Waals surface area contributed by atoms with Gasteiger partial charge in [0.15, 0.2) is 15.0 Å². The Bertz CT molecular complexity index is 1020. The van der Waals surface area contributed by atoms with E-state index in [4.69, 9.17) is 0 Å². The summed E-state index contributed by atoms with van der Waals surface area (Å²) in [6.07, 6.45) is 3.03. The Balaban J connectivity index is 1.54. The third kappa shape index (κ3) is 5.60. The van der Waals surface area contributed by atoms with Crippen molar-refractivity contribution in [1.82, 2.24) is 15.3 Å². The molecular formula is C18H18N4O3S2. The lowest BCUT2D eigenvalue weighted by molar-refractivity contribution is -0.120. The molecule has 0 saturated heterocycles. The van der Waals surface area contributed by atoms with E-state index in [-0.39, 0.29) is 17.2 Å². The predicted octanol–water partition coefficient (Wildman–Crippen LogP) is 2.54. The minimum atomic E-state index is -3.22. The number of nitrogens with zero attached hydrogens (tertiary/aromatic N) is 2. The highest BCUT2D eigenvalue weighted by molar-refractivity contribution is 7.90. The fourth-order valence-corrected chi connectivity index (χ4v) is 3.63. The van der Waals surface area contributed by atoms with Crippen LogP contribution < -0.4 is 10.6 Å². The van der Waals surface area contributed by atoms with Crippen LogP contribution in [-0.4, -0.2) is 30.5 Å². The van der Waals surface area contributed by atoms with Crippen molar-refractivity contribution in [2.75, 3.05) is 11.6 Å². The SMILES string of the molecule is CS(=O)(=O)c1ccc(Nc2nc(CC(=O)NCc3ccccn3)cs2)cc1. The van der Waals surface area contributed by atoms with E-state index in [1.54, 1.807) is 18.3 Å². The van der Waals surface area contributed by atoms with Crippen molar-refractivity contribution < 1.29 is 13.2 Å². The number of pyridine rings is 1. The zero-order valence-electron chi connectivity index (χ0n) is 14.5. The number of hydrogen-bond donors (Lipinski definition) is 2. The van der Waals surface area contributed by atoms with Gasteiger partial charge in [0.05, 0.1) is 29.2 Å². The number of hydrogen-bond acceptors (Lipinski definition) is 7. The molecular weight excluding hydrogens is 384 g/mol. The maximum atomic E-state index is 12.0. The zero-order valence-corrected chi connectivity index (χ0v) is 16.2. The first kappa shape index (κ1) is 19.0. The highest BCUT2D eigenvalue weighted by Gasteiger charge is 2.09. The Morgan fingerprint density at radius 1 is 1.11 bits per heavy atom. The molecule has 1 amide bonds. The molecule has 0 aliphatic heterocycles. The van der Waals surface area contributed by atoms with Gasteiger partial charge in [0.2, 0.25) is 5.91 Å². The number of carbonyl (C=O) groups is 1. The normalized spacial score (nSPS) is 11.1. The molecule has 0 bridgehead atoms. The van der Waals surface area contributed by atoms with Crippen LogP contribution in [0.15, 0.2) is 58.9 Å². The van der Waals surface area contributed by atoms with Crippen LogP contribution in [0.2, 0.25) is 0 Å². The molecule has 3 rings (SSSR count). The van der Waals surface area contributed by atoms with Crippen LogP contribution in [0.25, 0.3) is 0 Å². The standard InChI is InChI=1S/C18H18N4O3S2/c1-27(24,25)16-7-5-13(6-8-16)21-18-22-15(12-26-18)10-17(23)20-11-14-4-2-3-9-19-14/h2-9,12H,10-11H2,1H3,(H,20,23)(H,21,22). The van der Waals surface area contributed by atoms with Crippen LogP contribution in [0.4, 0.5) is 10.8 Å². The molecule has 0 spiro atoms. The minimum Gasteiger partial charge on any atom is -0.350 e. The van der Waals surface area contributed by atoms with Gasteiger partial charge in [-0.3, -0.25) is 9.78 Å². The molecule has 1 aromatic carbocycles. The zero-order chi connectivity index (χ0) is 19.3. The number of anilines is 2. The molecule has 7 nitrogen and oxygen atoms in total. The lowest BCUT2D eigenvalue weighted by Crippen LogP contribution is -2.25. The number of rotatable bonds is 7. The van der Waals surface area contributed by atoms with Crippen molar-refractivity contribution in [3.8, 4) is 0 Å². The van der Waals surface area contributed by atoms with Gasteiger partial charge in [-0.2, -0.15) is 0 Å². The van der Waals surface area contributed by atoms with Crippen LogP contribution in [0.5, 0.6) is 0 Å². The smallest absolute Gasteiger partial charge is 0.226 e. The van der Waals surface area contributed by atoms with Crippen LogP contribution in [0.1, 0.15) is 11.4 Å². The Kier molecular flexibility index (Phi) is 5.82. The minimum absolute atomic E-state index is 0.130. The second-order valence-electron chi connectivity index (χ2n) is 5.84. The molecule has 0 atom stereocenters. The molecule has 0 saturated carbocycles. The van der Waals surface area contributed by atoms with Gasteiger partial charge in [0.1, 0.15) is 0 Å². The molecule has 0 radical (unpaired) electrons. The summed E-state index contributed by atoms with van der Waals surface area (Å²) in [5.41, 5.74) is 2.18. The summed E-state index contributed by atoms with van der Waals surface area (Å²) >= 11 is 1.38. The van der Waals surface area contributed by atoms with Gasteiger partial charge in [-0.05, 0) is 36.4 Å². The van der Waals surface area contributed by atoms with E-state index in [0.717, 1.165) is 11.4 Å². The highest BCUT2D eigenvalue weighted by Crippen LogP contribution is 2.22. The molecule has 2 N–H and O–H groups in total. The topological polar surface area (TPSA) is 101 Å². The first-order chi connectivity index (χ1) is 12.9. The Labute approximate surface area is 161 Å². The van der Waals surface area contributed by atoms with E-state index < -0.39 is 9.84 Å². The summed E-state index contributed by atoms with van der Waals surface area (Å²) < 4.78 is 23.0. The Morgan fingerprint density at radius 2 is 1.89 bits per heavy atom. The first-order valence-corrected chi connectivity index (χ1v) is 10.9. The van der Waals surface area contributed by atoms with Gasteiger partial charge >= 0.3 is 0 Å². The van der Waals surface area contributed by atoms with Crippen LogP contribution >= 0.6 is 11.3 Å². The molecule has 27 heavy (non-hydrogen) atoms. The molecule has 0 aliphatic rings. The van der Waals surface area contributed by atoms with E-state index >= 15 is 0 Å². The molecule has 3 aromatic rings. The number of benzene rings is 1. The van der Waals surface area contributed by atoms with E-state index in [1.807, 2.05) is 23.6 Å². The monoisotopic (exact) mass is 402 g/mol. The summed E-state index contributed by atoms with van der Waals surface area (Å²) in [6.45, 7) is 0.377. The quantitative estimate of drug-likeness (QED) is 0.630. The first-order valence-electron chi connectivity index (χ1n) is 8.08. The van der Waals surface area contributed by atoms with E-state index in [1.165, 1.54) is 29.7 Å². The summed E-state index contributed by atoms with van der Waals surface area (Å²) in [6, 6.07) is 12.0. The summed E-state index contributed by atoms with van der Waals surface area (Å²) in [7, 11) is -3.22. The second-order valence-corrected chi connectivity index (χ2v) is 8.71. The van der Waals surface area contributed by atoms with E-state index in [2.05, 4.69) is 20.6 Å². The molecule has 0 aliphatic carbocycles. The van der Waals surface area contributed by atoms with Crippen molar-refractivity contribution in [2.45, 2.75) is 17.9 Å². The van der Waals surface area contributed by atoms with Crippen LogP contribution in [0.3, 0.4) is 0 Å². The number of nitrogens with one attached hydrogen (secondary N) is 2. The fourth-order valence-electron chi connectivity index (χ4n) is 2.27. The fraction of sp³-hybridized carbons (Fsp3) is 0.167. The van der Waals surface area contributed by atoms with Gasteiger partial charge < -0.3 is 10.6 Å². The van der Waals surface area contributed by atoms with Gasteiger partial charge in [0.25, 0.3) is 0 Å². The largest absolute Gasteiger partial charge is 0.350 e. The number of aromatic nitrogens is 2. The summed E-state index contributed by atoms with van der Waals surface area (Å²) in [5.74, 6) is -0.130. The van der Waals surface area contributed by atoms with E-state index in [9.17, 15) is 13.2 Å². The van der Waals surface area contributed by atoms with Gasteiger partial charge in [-0.25, -0.2) is 13.4 Å². The van der Waals surface area contributed by atoms with Crippen molar-refractivity contribution >= 4 is 37.9 Å². The third-order valence-corrected chi connectivity index (χ3v) is 5.55. The Hall–Kier alpha value is -2.78. The molecule has 2 aromatic heterocycles. The number of thiazole rings is 1. The lowest BCUT2D eigenvalue weighted by atomic mass is 10.3. The second kappa shape index (κ2) is 8.28. The Morgan fingerprint density at radius 3 is 2.56 bits per heavy atom. The summed E-state index contributed by atoms with van der Waals surface area (Å²) in [4.78, 5) is 20.8. The van der Waals surface area contributed by atoms with Gasteiger partial charge in [-0.1, -0.05) is 6.07 Å². The van der Waals surface area contributed by atoms with Crippen molar-refractivity contribution in [2.24, 2.45) is 0 Å². The number of amides is 1. The molecule has 2 heterocycles. The van der Waals surface area contributed by atoms with Crippen molar-refractivity contribution in [3.05, 3.63) is 65.4 Å². The third-order valence-electron chi connectivity index (χ3n) is 3.62. The molecule has 0 unspecified atom stereocenters. The maximum absolute atomic E-state index is 12.0. The average Bonchev–Trinajstić information content (AvgIpc) is 3.07. The van der Waals surface area contributed by atoms with Gasteiger partial charge in [-0.15, -0.1) is 11.3 Å². The van der Waals surface area contributed by atoms with E-state index in [0.29, 0.717) is 17.4 Å². The number of carbonyl (C=O) groups excluding carboxylic acids is 1. The maximum Gasteiger partial charge on any atom is 0.226 e. The molecule has 9 heteroatoms. The van der Waals surface area contributed by atoms with Crippen molar-refractivity contribution in [1.29, 1.82) is 0 Å². The number of sulfone groups is 1. The predicted molar refractivity (Wildman–Crippen MR) is 105 cm³/mol. The highest BCUT2D eigenvalue weighted by atomic mass is 32.2. The molecule has 0 fully saturated rings. The summed E-state index contributed by atoms with van der Waals surface area (Å²) in [5, 5.41) is 8.36. The van der Waals surface area contributed by atoms with Crippen molar-refractivity contribution in [3.63, 3.8) is 0 Å². The lowest BCUT2D eigenvalue weighted by Gasteiger charge is -2.04.